The zero-order chi connectivity index (χ0) is 14.7. The number of carbonyl (C=O) groups is 1. The molecule has 20 heavy (non-hydrogen) atoms. The summed E-state index contributed by atoms with van der Waals surface area (Å²) in [4.78, 5) is 12.1. The molecule has 1 unspecified atom stereocenters. The molecular weight excluding hydrogens is 298 g/mol. The van der Waals surface area contributed by atoms with Crippen LogP contribution in [0.3, 0.4) is 0 Å². The molecule has 1 aromatic heterocycles. The molecule has 0 saturated carbocycles. The zero-order valence-electron chi connectivity index (χ0n) is 10.6. The second-order valence-corrected chi connectivity index (χ2v) is 5.81. The molecule has 106 valence electrons. The number of nitrogen functional groups attached to an aromatic ring is 1. The van der Waals surface area contributed by atoms with Gasteiger partial charge in [0.25, 0.3) is 5.91 Å². The number of nitrogens with two attached hydrogens (primary N) is 1. The lowest BCUT2D eigenvalue weighted by atomic mass is 10.2. The van der Waals surface area contributed by atoms with Gasteiger partial charge >= 0.3 is 0 Å². The average Bonchev–Trinajstić information content (AvgIpc) is 2.71. The number of hydrogen-bond acceptors (Lipinski definition) is 6. The standard InChI is InChI=1S/C12H13N3O3S2/c1-7-10(11(13)19-15-7)12(16)14-9-4-2-8(3-5-9)6-20(17)18/h2-5H,6,13H2,1H3,(H,14,16)(H,17,18)/p-1. The summed E-state index contributed by atoms with van der Waals surface area (Å²) in [7, 11) is 0. The third-order valence-corrected chi connectivity index (χ3v) is 3.95. The predicted octanol–water partition coefficient (Wildman–Crippen LogP) is 1.67. The van der Waals surface area contributed by atoms with Crippen LogP contribution in [0.5, 0.6) is 0 Å². The minimum absolute atomic E-state index is 0.0469. The van der Waals surface area contributed by atoms with Gasteiger partial charge in [0.15, 0.2) is 0 Å². The maximum absolute atomic E-state index is 12.1. The Morgan fingerprint density at radius 2 is 2.10 bits per heavy atom. The topological polar surface area (TPSA) is 108 Å². The summed E-state index contributed by atoms with van der Waals surface area (Å²) in [6.07, 6.45) is 0. The number of nitrogens with zero attached hydrogens (tertiary/aromatic N) is 1. The van der Waals surface area contributed by atoms with Gasteiger partial charge in [0.1, 0.15) is 5.00 Å². The number of carbonyl (C=O) groups excluding carboxylic acids is 1. The molecule has 0 aliphatic heterocycles. The van der Waals surface area contributed by atoms with Crippen molar-refractivity contribution in [3.05, 3.63) is 41.1 Å². The normalized spacial score (nSPS) is 12.1. The number of hydrogen-bond donors (Lipinski definition) is 2. The number of aryl methyl sites for hydroxylation is 1. The number of rotatable bonds is 4. The summed E-state index contributed by atoms with van der Waals surface area (Å²) in [5, 5.41) is 3.07. The van der Waals surface area contributed by atoms with Crippen molar-refractivity contribution >= 4 is 39.2 Å². The number of nitrogens with one attached hydrogen (secondary N) is 1. The SMILES string of the molecule is Cc1nsc(N)c1C(=O)Nc1ccc(CS(=O)[O-])cc1. The van der Waals surface area contributed by atoms with Gasteiger partial charge in [-0.2, -0.15) is 4.37 Å². The molecule has 3 N–H and O–H groups in total. The van der Waals surface area contributed by atoms with E-state index in [9.17, 15) is 13.6 Å². The lowest BCUT2D eigenvalue weighted by Crippen LogP contribution is -2.14. The molecule has 0 aliphatic carbocycles. The molecule has 0 radical (unpaired) electrons. The van der Waals surface area contributed by atoms with Gasteiger partial charge in [-0.3, -0.25) is 9.00 Å². The fraction of sp³-hybridized carbons (Fsp3) is 0.167. The highest BCUT2D eigenvalue weighted by atomic mass is 32.2. The van der Waals surface area contributed by atoms with Crippen LogP contribution in [0.4, 0.5) is 10.7 Å². The molecule has 0 aliphatic rings. The van der Waals surface area contributed by atoms with Gasteiger partial charge in [-0.1, -0.05) is 23.2 Å². The Morgan fingerprint density at radius 1 is 1.45 bits per heavy atom. The van der Waals surface area contributed by atoms with Crippen molar-refractivity contribution in [3.8, 4) is 0 Å². The summed E-state index contributed by atoms with van der Waals surface area (Å²) in [5.74, 6) is -0.372. The maximum atomic E-state index is 12.1. The van der Waals surface area contributed by atoms with Gasteiger partial charge in [0, 0.05) is 11.4 Å². The third kappa shape index (κ3) is 3.41. The van der Waals surface area contributed by atoms with Crippen LogP contribution in [0, 0.1) is 6.92 Å². The Hall–Kier alpha value is -1.77. The molecule has 8 heteroatoms. The van der Waals surface area contributed by atoms with Crippen LogP contribution in [-0.2, 0) is 16.8 Å². The lowest BCUT2D eigenvalue weighted by Gasteiger charge is -2.08. The van der Waals surface area contributed by atoms with E-state index in [1.165, 1.54) is 0 Å². The summed E-state index contributed by atoms with van der Waals surface area (Å²) in [6.45, 7) is 1.72. The van der Waals surface area contributed by atoms with Crippen molar-refractivity contribution in [2.75, 3.05) is 11.1 Å². The molecule has 2 aromatic rings. The van der Waals surface area contributed by atoms with Crippen LogP contribution in [0.2, 0.25) is 0 Å². The van der Waals surface area contributed by atoms with Crippen molar-refractivity contribution in [1.29, 1.82) is 0 Å². The van der Waals surface area contributed by atoms with Gasteiger partial charge in [-0.15, -0.1) is 0 Å². The van der Waals surface area contributed by atoms with E-state index >= 15 is 0 Å². The van der Waals surface area contributed by atoms with Crippen molar-refractivity contribution in [3.63, 3.8) is 0 Å². The Kier molecular flexibility index (Phi) is 4.48. The first-order valence-electron chi connectivity index (χ1n) is 5.65. The van der Waals surface area contributed by atoms with Crippen molar-refractivity contribution in [2.24, 2.45) is 0 Å². The highest BCUT2D eigenvalue weighted by Gasteiger charge is 2.16. The van der Waals surface area contributed by atoms with Gasteiger partial charge in [0.05, 0.1) is 11.3 Å². The first-order chi connectivity index (χ1) is 9.47. The third-order valence-electron chi connectivity index (χ3n) is 2.61. The van der Waals surface area contributed by atoms with Crippen LogP contribution in [0.25, 0.3) is 0 Å². The number of amides is 1. The number of benzene rings is 1. The molecule has 1 amide bonds. The fourth-order valence-electron chi connectivity index (χ4n) is 1.68. The minimum atomic E-state index is -2.13. The summed E-state index contributed by atoms with van der Waals surface area (Å²) in [6, 6.07) is 6.58. The Labute approximate surface area is 122 Å². The Bertz CT molecular complexity index is 633. The molecule has 2 rings (SSSR count). The molecule has 1 aromatic carbocycles. The molecule has 1 heterocycles. The van der Waals surface area contributed by atoms with Gasteiger partial charge in [-0.05, 0) is 36.2 Å². The first kappa shape index (κ1) is 14.6. The highest BCUT2D eigenvalue weighted by molar-refractivity contribution is 7.78. The minimum Gasteiger partial charge on any atom is -0.772 e. The van der Waals surface area contributed by atoms with E-state index in [1.54, 1.807) is 31.2 Å². The molecule has 6 nitrogen and oxygen atoms in total. The van der Waals surface area contributed by atoms with Crippen LogP contribution in [0.1, 0.15) is 21.6 Å². The van der Waals surface area contributed by atoms with Gasteiger partial charge in [0.2, 0.25) is 0 Å². The van der Waals surface area contributed by atoms with Crippen molar-refractivity contribution < 1.29 is 13.6 Å². The second-order valence-electron chi connectivity index (χ2n) is 4.11. The summed E-state index contributed by atoms with van der Waals surface area (Å²) >= 11 is -1.05. The van der Waals surface area contributed by atoms with Crippen LogP contribution >= 0.6 is 11.5 Å². The maximum Gasteiger partial charge on any atom is 0.260 e. The molecular formula is C12H12N3O3S2-. The molecule has 0 fully saturated rings. The second kappa shape index (κ2) is 6.12. The van der Waals surface area contributed by atoms with E-state index in [0.29, 0.717) is 27.5 Å². The Morgan fingerprint density at radius 3 is 2.60 bits per heavy atom. The van der Waals surface area contributed by atoms with Gasteiger partial charge < -0.3 is 15.6 Å². The monoisotopic (exact) mass is 310 g/mol. The number of anilines is 2. The first-order valence-corrected chi connectivity index (χ1v) is 7.67. The van der Waals surface area contributed by atoms with Crippen molar-refractivity contribution in [2.45, 2.75) is 12.7 Å². The van der Waals surface area contributed by atoms with E-state index < -0.39 is 11.1 Å². The van der Waals surface area contributed by atoms with Gasteiger partial charge in [-0.25, -0.2) is 0 Å². The highest BCUT2D eigenvalue weighted by Crippen LogP contribution is 2.22. The lowest BCUT2D eigenvalue weighted by molar-refractivity contribution is 0.102. The molecule has 0 bridgehead atoms. The van der Waals surface area contributed by atoms with E-state index in [0.717, 1.165) is 11.5 Å². The van der Waals surface area contributed by atoms with Crippen molar-refractivity contribution in [1.82, 2.24) is 4.37 Å². The molecule has 0 saturated heterocycles. The van der Waals surface area contributed by atoms with E-state index in [1.807, 2.05) is 0 Å². The smallest absolute Gasteiger partial charge is 0.260 e. The molecule has 0 spiro atoms. The quantitative estimate of drug-likeness (QED) is 0.835. The summed E-state index contributed by atoms with van der Waals surface area (Å²) in [5.41, 5.74) is 7.89. The largest absolute Gasteiger partial charge is 0.772 e. The Balaban J connectivity index is 2.10. The zero-order valence-corrected chi connectivity index (χ0v) is 12.2. The summed E-state index contributed by atoms with van der Waals surface area (Å²) < 4.78 is 25.2. The van der Waals surface area contributed by atoms with E-state index in [4.69, 9.17) is 5.73 Å². The van der Waals surface area contributed by atoms with Crippen LogP contribution in [-0.4, -0.2) is 19.0 Å². The van der Waals surface area contributed by atoms with E-state index in [-0.39, 0.29) is 11.7 Å². The fourth-order valence-corrected chi connectivity index (χ4v) is 2.80. The predicted molar refractivity (Wildman–Crippen MR) is 78.3 cm³/mol. The molecule has 1 atom stereocenters. The van der Waals surface area contributed by atoms with Crippen LogP contribution in [0.15, 0.2) is 24.3 Å². The number of aromatic nitrogens is 1. The van der Waals surface area contributed by atoms with Crippen LogP contribution < -0.4 is 11.1 Å². The average molecular weight is 310 g/mol. The van der Waals surface area contributed by atoms with E-state index in [2.05, 4.69) is 9.69 Å².